The highest BCUT2D eigenvalue weighted by Crippen LogP contribution is 2.50. The van der Waals surface area contributed by atoms with Crippen LogP contribution in [0.15, 0.2) is 78.9 Å². The Morgan fingerprint density at radius 1 is 0.818 bits per heavy atom. The quantitative estimate of drug-likeness (QED) is 0.466. The van der Waals surface area contributed by atoms with Gasteiger partial charge < -0.3 is 4.98 Å². The van der Waals surface area contributed by atoms with Crippen molar-refractivity contribution in [3.63, 3.8) is 0 Å². The van der Waals surface area contributed by atoms with Crippen LogP contribution >= 0.6 is 0 Å². The number of para-hydroxylation sites is 3. The summed E-state index contributed by atoms with van der Waals surface area (Å²) in [5.41, 5.74) is 5.24. The lowest BCUT2D eigenvalue weighted by atomic mass is 9.89. The number of benzene rings is 3. The van der Waals surface area contributed by atoms with Crippen molar-refractivity contribution in [2.75, 3.05) is 9.96 Å². The molecule has 2 aliphatic rings. The number of hydrogen-bond acceptors (Lipinski definition) is 4. The van der Waals surface area contributed by atoms with Crippen LogP contribution in [0.25, 0.3) is 10.9 Å². The SMILES string of the molecule is Cc1ccccc1N1C(=O)[C@@H]2[C@H](ON(c3ccccc3)[C@H]2c2c(C)[nH]c3ccccc23)C1=O. The monoisotopic (exact) mass is 437 g/mol. The summed E-state index contributed by atoms with van der Waals surface area (Å²) in [6.45, 7) is 3.91. The van der Waals surface area contributed by atoms with Crippen molar-refractivity contribution in [2.45, 2.75) is 26.0 Å². The van der Waals surface area contributed by atoms with Gasteiger partial charge in [-0.3, -0.25) is 14.4 Å². The highest BCUT2D eigenvalue weighted by Gasteiger charge is 2.61. The molecule has 0 saturated carbocycles. The molecule has 0 unspecified atom stereocenters. The second-order valence-corrected chi connectivity index (χ2v) is 8.67. The maximum absolute atomic E-state index is 13.9. The molecule has 0 bridgehead atoms. The van der Waals surface area contributed by atoms with E-state index < -0.39 is 18.1 Å². The number of aryl methyl sites for hydroxylation is 2. The van der Waals surface area contributed by atoms with Crippen LogP contribution in [0, 0.1) is 19.8 Å². The Morgan fingerprint density at radius 2 is 1.52 bits per heavy atom. The van der Waals surface area contributed by atoms with E-state index in [0.717, 1.165) is 33.4 Å². The molecule has 4 aromatic rings. The molecule has 3 heterocycles. The molecule has 1 aromatic heterocycles. The molecule has 0 spiro atoms. The van der Waals surface area contributed by atoms with Crippen LogP contribution in [-0.2, 0) is 14.4 Å². The first kappa shape index (κ1) is 19.8. The number of aromatic amines is 1. The first-order valence-electron chi connectivity index (χ1n) is 11.1. The molecule has 2 fully saturated rings. The van der Waals surface area contributed by atoms with Crippen molar-refractivity contribution >= 4 is 34.1 Å². The predicted octanol–water partition coefficient (Wildman–Crippen LogP) is 4.84. The number of amides is 2. The molecule has 164 valence electrons. The van der Waals surface area contributed by atoms with Gasteiger partial charge in [-0.25, -0.2) is 9.96 Å². The third-order valence-electron chi connectivity index (χ3n) is 6.72. The lowest BCUT2D eigenvalue weighted by Gasteiger charge is -2.29. The van der Waals surface area contributed by atoms with Gasteiger partial charge in [0, 0.05) is 22.2 Å². The van der Waals surface area contributed by atoms with E-state index in [9.17, 15) is 9.59 Å². The van der Waals surface area contributed by atoms with Gasteiger partial charge in [0.1, 0.15) is 5.92 Å². The summed E-state index contributed by atoms with van der Waals surface area (Å²) in [7, 11) is 0. The Balaban J connectivity index is 1.53. The van der Waals surface area contributed by atoms with E-state index in [0.29, 0.717) is 5.69 Å². The van der Waals surface area contributed by atoms with Crippen LogP contribution < -0.4 is 9.96 Å². The maximum Gasteiger partial charge on any atom is 0.266 e. The summed E-state index contributed by atoms with van der Waals surface area (Å²) in [5, 5.41) is 2.78. The second kappa shape index (κ2) is 7.32. The highest BCUT2D eigenvalue weighted by molar-refractivity contribution is 6.24. The smallest absolute Gasteiger partial charge is 0.266 e. The van der Waals surface area contributed by atoms with Crippen molar-refractivity contribution in [3.8, 4) is 0 Å². The van der Waals surface area contributed by atoms with Gasteiger partial charge in [0.05, 0.1) is 17.4 Å². The summed E-state index contributed by atoms with van der Waals surface area (Å²) in [5.74, 6) is -1.21. The Hall–Kier alpha value is -3.90. The van der Waals surface area contributed by atoms with Crippen molar-refractivity contribution in [2.24, 2.45) is 5.92 Å². The molecule has 0 aliphatic carbocycles. The molecule has 0 radical (unpaired) electrons. The van der Waals surface area contributed by atoms with Crippen LogP contribution in [-0.4, -0.2) is 22.9 Å². The number of hydrogen-bond donors (Lipinski definition) is 1. The number of fused-ring (bicyclic) bond motifs is 2. The van der Waals surface area contributed by atoms with Gasteiger partial charge in [0.2, 0.25) is 5.91 Å². The van der Waals surface area contributed by atoms with Gasteiger partial charge in [-0.1, -0.05) is 54.6 Å². The number of imide groups is 1. The first-order valence-corrected chi connectivity index (χ1v) is 11.1. The minimum Gasteiger partial charge on any atom is -0.358 e. The number of carbonyl (C=O) groups excluding carboxylic acids is 2. The highest BCUT2D eigenvalue weighted by atomic mass is 16.7. The largest absolute Gasteiger partial charge is 0.358 e. The number of anilines is 2. The Labute approximate surface area is 191 Å². The number of nitrogens with zero attached hydrogens (tertiary/aromatic N) is 2. The van der Waals surface area contributed by atoms with Gasteiger partial charge in [-0.2, -0.15) is 0 Å². The zero-order valence-electron chi connectivity index (χ0n) is 18.4. The summed E-state index contributed by atoms with van der Waals surface area (Å²) < 4.78 is 0. The average molecular weight is 437 g/mol. The van der Waals surface area contributed by atoms with E-state index in [1.54, 1.807) is 5.06 Å². The molecule has 6 nitrogen and oxygen atoms in total. The number of aromatic nitrogens is 1. The number of nitrogens with one attached hydrogen (secondary N) is 1. The summed E-state index contributed by atoms with van der Waals surface area (Å²) >= 11 is 0. The number of rotatable bonds is 3. The molecule has 3 atom stereocenters. The number of carbonyl (C=O) groups is 2. The Morgan fingerprint density at radius 3 is 2.30 bits per heavy atom. The zero-order valence-corrected chi connectivity index (χ0v) is 18.4. The normalized spacial score (nSPS) is 22.4. The van der Waals surface area contributed by atoms with Crippen LogP contribution in [0.5, 0.6) is 0 Å². The van der Waals surface area contributed by atoms with Gasteiger partial charge in [-0.15, -0.1) is 0 Å². The van der Waals surface area contributed by atoms with E-state index in [4.69, 9.17) is 4.84 Å². The molecule has 33 heavy (non-hydrogen) atoms. The van der Waals surface area contributed by atoms with Gasteiger partial charge in [0.15, 0.2) is 6.10 Å². The van der Waals surface area contributed by atoms with E-state index >= 15 is 0 Å². The Kier molecular flexibility index (Phi) is 4.38. The lowest BCUT2D eigenvalue weighted by molar-refractivity contribution is -0.126. The third kappa shape index (κ3) is 2.84. The van der Waals surface area contributed by atoms with Crippen molar-refractivity contribution in [3.05, 3.63) is 95.7 Å². The summed E-state index contributed by atoms with van der Waals surface area (Å²) in [4.78, 5) is 38.4. The third-order valence-corrected chi connectivity index (χ3v) is 6.72. The van der Waals surface area contributed by atoms with Crippen LogP contribution in [0.1, 0.15) is 22.9 Å². The standard InChI is InChI=1S/C27H23N3O3/c1-16-10-6-9-15-21(16)29-26(31)23-24(22-17(2)28-20-14-8-7-13-19(20)22)30(33-25(23)27(29)32)18-11-4-3-5-12-18/h3-15,23-25,28H,1-2H3/t23-,24-,25-/m0/s1. The molecular formula is C27H23N3O3. The zero-order chi connectivity index (χ0) is 22.7. The fourth-order valence-electron chi connectivity index (χ4n) is 5.24. The maximum atomic E-state index is 13.9. The topological polar surface area (TPSA) is 65.6 Å². The van der Waals surface area contributed by atoms with Crippen molar-refractivity contribution in [1.82, 2.24) is 4.98 Å². The minimum absolute atomic E-state index is 0.229. The molecule has 3 aromatic carbocycles. The molecule has 6 heteroatoms. The average Bonchev–Trinajstić information content (AvgIpc) is 3.44. The molecular weight excluding hydrogens is 414 g/mol. The molecule has 1 N–H and O–H groups in total. The fourth-order valence-corrected chi connectivity index (χ4v) is 5.24. The summed E-state index contributed by atoms with van der Waals surface area (Å²) in [6, 6.07) is 24.7. The van der Waals surface area contributed by atoms with Gasteiger partial charge in [0.25, 0.3) is 5.91 Å². The molecule has 2 aliphatic heterocycles. The summed E-state index contributed by atoms with van der Waals surface area (Å²) in [6.07, 6.45) is -0.879. The van der Waals surface area contributed by atoms with E-state index in [1.807, 2.05) is 92.7 Å². The number of H-pyrrole nitrogens is 1. The molecule has 2 amide bonds. The lowest BCUT2D eigenvalue weighted by Crippen LogP contribution is -2.37. The second-order valence-electron chi connectivity index (χ2n) is 8.67. The van der Waals surface area contributed by atoms with E-state index in [-0.39, 0.29) is 11.8 Å². The predicted molar refractivity (Wildman–Crippen MR) is 127 cm³/mol. The van der Waals surface area contributed by atoms with E-state index in [1.165, 1.54) is 4.90 Å². The van der Waals surface area contributed by atoms with Gasteiger partial charge in [-0.05, 0) is 43.7 Å². The fraction of sp³-hybridized carbons (Fsp3) is 0.185. The first-order chi connectivity index (χ1) is 16.1. The molecule has 6 rings (SSSR count). The van der Waals surface area contributed by atoms with Crippen LogP contribution in [0.3, 0.4) is 0 Å². The van der Waals surface area contributed by atoms with Crippen molar-refractivity contribution < 1.29 is 14.4 Å². The molecule has 2 saturated heterocycles. The van der Waals surface area contributed by atoms with Crippen molar-refractivity contribution in [1.29, 1.82) is 0 Å². The van der Waals surface area contributed by atoms with Gasteiger partial charge >= 0.3 is 0 Å². The van der Waals surface area contributed by atoms with E-state index in [2.05, 4.69) is 4.98 Å². The Bertz CT molecular complexity index is 1390. The number of hydroxylamine groups is 1. The minimum atomic E-state index is -0.879. The van der Waals surface area contributed by atoms with Crippen LogP contribution in [0.2, 0.25) is 0 Å². The van der Waals surface area contributed by atoms with Crippen LogP contribution in [0.4, 0.5) is 11.4 Å².